The van der Waals surface area contributed by atoms with Gasteiger partial charge in [-0.2, -0.15) is 0 Å². The highest BCUT2D eigenvalue weighted by molar-refractivity contribution is 5.69. The van der Waals surface area contributed by atoms with Crippen molar-refractivity contribution in [3.8, 4) is 0 Å². The Bertz CT molecular complexity index is 805. The molecule has 0 saturated carbocycles. The van der Waals surface area contributed by atoms with E-state index in [9.17, 15) is 4.79 Å². The number of hydrogen-bond donors (Lipinski definition) is 0. The molecule has 0 bridgehead atoms. The minimum absolute atomic E-state index is 0.141. The molecule has 0 aliphatic carbocycles. The molecule has 0 aromatic heterocycles. The highest BCUT2D eigenvalue weighted by Crippen LogP contribution is 2.19. The van der Waals surface area contributed by atoms with Crippen LogP contribution < -0.4 is 0 Å². The minimum Gasteiger partial charge on any atom is -0.435 e. The Kier molecular flexibility index (Phi) is 57.5. The first-order valence-corrected chi connectivity index (χ1v) is 29.6. The lowest BCUT2D eigenvalue weighted by atomic mass is 10.0. The summed E-state index contributed by atoms with van der Waals surface area (Å²) < 4.78 is 4.76. The summed E-state index contributed by atoms with van der Waals surface area (Å²) in [5.41, 5.74) is 0. The van der Waals surface area contributed by atoms with Crippen molar-refractivity contribution in [1.82, 2.24) is 0 Å². The molecule has 0 spiro atoms. The number of carbonyl (C=O) groups excluding carboxylic acids is 1. The Morgan fingerprint density at radius 1 is 0.258 bits per heavy atom. The maximum Gasteiger partial charge on any atom is 0.310 e. The second kappa shape index (κ2) is 58.2. The van der Waals surface area contributed by atoms with Gasteiger partial charge in [0.1, 0.15) is 0 Å². The van der Waals surface area contributed by atoms with Crippen LogP contribution in [-0.4, -0.2) is 5.97 Å². The molecule has 0 amide bonds. The summed E-state index contributed by atoms with van der Waals surface area (Å²) >= 11 is 0. The van der Waals surface area contributed by atoms with Gasteiger partial charge in [-0.1, -0.05) is 360 Å². The van der Waals surface area contributed by atoms with Crippen LogP contribution in [0.3, 0.4) is 0 Å². The normalized spacial score (nSPS) is 11.5. The summed E-state index contributed by atoms with van der Waals surface area (Å²) in [6, 6.07) is 0. The lowest BCUT2D eigenvalue weighted by Crippen LogP contribution is -1.98. The lowest BCUT2D eigenvalue weighted by molar-refractivity contribution is -0.138. The van der Waals surface area contributed by atoms with Crippen molar-refractivity contribution in [3.63, 3.8) is 0 Å². The van der Waals surface area contributed by atoms with E-state index in [4.69, 9.17) is 4.74 Å². The molecule has 0 rings (SSSR count). The van der Waals surface area contributed by atoms with E-state index in [0.29, 0.717) is 6.42 Å². The fourth-order valence-electron chi connectivity index (χ4n) is 9.86. The van der Waals surface area contributed by atoms with E-state index < -0.39 is 0 Å². The molecule has 62 heavy (non-hydrogen) atoms. The molecule has 370 valence electrons. The summed E-state index contributed by atoms with van der Waals surface area (Å²) in [6.07, 6.45) is 81.5. The quantitative estimate of drug-likeness (QED) is 0.0346. The van der Waals surface area contributed by atoms with Gasteiger partial charge in [0.15, 0.2) is 0 Å². The van der Waals surface area contributed by atoms with Crippen molar-refractivity contribution >= 4 is 5.97 Å². The van der Waals surface area contributed by atoms with Crippen LogP contribution in [-0.2, 0) is 9.53 Å². The smallest absolute Gasteiger partial charge is 0.310 e. The predicted molar refractivity (Wildman–Crippen MR) is 281 cm³/mol. The van der Waals surface area contributed by atoms with Crippen molar-refractivity contribution in [3.05, 3.63) is 12.8 Å². The van der Waals surface area contributed by atoms with E-state index in [-0.39, 0.29) is 5.97 Å². The molecule has 0 saturated heterocycles. The number of ether oxygens (including phenoxy) is 1. The fourth-order valence-corrected chi connectivity index (χ4v) is 9.86. The van der Waals surface area contributed by atoms with E-state index in [1.54, 1.807) is 0 Å². The van der Waals surface area contributed by atoms with Crippen LogP contribution in [0.15, 0.2) is 12.8 Å². The minimum atomic E-state index is -0.141. The van der Waals surface area contributed by atoms with Gasteiger partial charge in [-0.05, 0) is 6.42 Å². The summed E-state index contributed by atoms with van der Waals surface area (Å²) in [6.45, 7) is 5.74. The van der Waals surface area contributed by atoms with Crippen molar-refractivity contribution in [2.45, 2.75) is 366 Å². The van der Waals surface area contributed by atoms with Gasteiger partial charge in [0.05, 0.1) is 6.26 Å². The Hall–Kier alpha value is -0.790. The molecule has 0 fully saturated rings. The van der Waals surface area contributed by atoms with E-state index >= 15 is 0 Å². The topological polar surface area (TPSA) is 26.3 Å². The SMILES string of the molecule is C=COC(=O)CCCCCCCCCCCCCCCCCCCCCCCCCCCCCCCCCCCCCCCCCCCCCCCCCCCCCCCCC. The Morgan fingerprint density at radius 3 is 0.516 bits per heavy atom. The Labute approximate surface area is 393 Å². The number of hydrogen-bond acceptors (Lipinski definition) is 2. The molecule has 0 unspecified atom stereocenters. The van der Waals surface area contributed by atoms with Crippen molar-refractivity contribution in [1.29, 1.82) is 0 Å². The first-order chi connectivity index (χ1) is 30.8. The lowest BCUT2D eigenvalue weighted by Gasteiger charge is -2.05. The third-order valence-corrected chi connectivity index (χ3v) is 14.2. The molecular weight excluding hydrogens is 753 g/mol. The predicted octanol–water partition coefficient (Wildman–Crippen LogP) is 22.5. The maximum atomic E-state index is 11.3. The standard InChI is InChI=1S/C60H118O2/c1-3-5-6-7-8-9-10-11-12-13-14-15-16-17-18-19-20-21-22-23-24-25-26-27-28-29-30-31-32-33-34-35-36-37-38-39-40-41-42-43-44-45-46-47-48-49-50-51-52-53-54-55-56-57-58-59-60(61)62-4-2/h4H,2-3,5-59H2,1H3. The number of carbonyl (C=O) groups is 1. The molecule has 0 atom stereocenters. The molecule has 2 nitrogen and oxygen atoms in total. The van der Waals surface area contributed by atoms with E-state index in [1.165, 1.54) is 347 Å². The average Bonchev–Trinajstić information content (AvgIpc) is 3.27. The Morgan fingerprint density at radius 2 is 0.387 bits per heavy atom. The van der Waals surface area contributed by atoms with E-state index in [1.807, 2.05) is 0 Å². The molecule has 0 heterocycles. The summed E-state index contributed by atoms with van der Waals surface area (Å²) in [4.78, 5) is 11.3. The third kappa shape index (κ3) is 57.2. The third-order valence-electron chi connectivity index (χ3n) is 14.2. The van der Waals surface area contributed by atoms with Gasteiger partial charge in [-0.15, -0.1) is 0 Å². The number of esters is 1. The first kappa shape index (κ1) is 61.2. The average molecular weight is 872 g/mol. The zero-order valence-corrected chi connectivity index (χ0v) is 43.2. The van der Waals surface area contributed by atoms with Crippen LogP contribution in [0.4, 0.5) is 0 Å². The van der Waals surface area contributed by atoms with Crippen molar-refractivity contribution in [2.75, 3.05) is 0 Å². The monoisotopic (exact) mass is 871 g/mol. The van der Waals surface area contributed by atoms with Crippen LogP contribution in [0.5, 0.6) is 0 Å². The van der Waals surface area contributed by atoms with Crippen LogP contribution in [0.25, 0.3) is 0 Å². The maximum absolute atomic E-state index is 11.3. The van der Waals surface area contributed by atoms with Gasteiger partial charge >= 0.3 is 5.97 Å². The molecular formula is C60H118O2. The zero-order chi connectivity index (χ0) is 44.6. The van der Waals surface area contributed by atoms with E-state index in [2.05, 4.69) is 13.5 Å². The van der Waals surface area contributed by atoms with Crippen LogP contribution in [0, 0.1) is 0 Å². The number of rotatable bonds is 57. The number of unbranched alkanes of at least 4 members (excludes halogenated alkanes) is 54. The molecule has 0 radical (unpaired) electrons. The second-order valence-electron chi connectivity index (χ2n) is 20.5. The van der Waals surface area contributed by atoms with Gasteiger partial charge in [-0.3, -0.25) is 4.79 Å². The summed E-state index contributed by atoms with van der Waals surface area (Å²) in [5.74, 6) is -0.141. The molecule has 0 aliphatic rings. The molecule has 0 N–H and O–H groups in total. The highest BCUT2D eigenvalue weighted by Gasteiger charge is 2.02. The van der Waals surface area contributed by atoms with Gasteiger partial charge in [0.2, 0.25) is 0 Å². The Balaban J connectivity index is 3.07. The highest BCUT2D eigenvalue weighted by atomic mass is 16.5. The second-order valence-corrected chi connectivity index (χ2v) is 20.5. The summed E-state index contributed by atoms with van der Waals surface area (Å²) in [5, 5.41) is 0. The van der Waals surface area contributed by atoms with Gasteiger partial charge in [0.25, 0.3) is 0 Å². The first-order valence-electron chi connectivity index (χ1n) is 29.6. The van der Waals surface area contributed by atoms with Gasteiger partial charge < -0.3 is 4.74 Å². The molecule has 2 heteroatoms. The fraction of sp³-hybridized carbons (Fsp3) is 0.950. The molecule has 0 aromatic carbocycles. The molecule has 0 aliphatic heterocycles. The summed E-state index contributed by atoms with van der Waals surface area (Å²) in [7, 11) is 0. The molecule has 0 aromatic rings. The zero-order valence-electron chi connectivity index (χ0n) is 43.2. The largest absolute Gasteiger partial charge is 0.435 e. The van der Waals surface area contributed by atoms with Gasteiger partial charge in [-0.25, -0.2) is 0 Å². The van der Waals surface area contributed by atoms with Crippen molar-refractivity contribution < 1.29 is 9.53 Å². The van der Waals surface area contributed by atoms with Crippen LogP contribution in [0.1, 0.15) is 366 Å². The van der Waals surface area contributed by atoms with Crippen molar-refractivity contribution in [2.24, 2.45) is 0 Å². The van der Waals surface area contributed by atoms with Gasteiger partial charge in [0, 0.05) is 6.42 Å². The van der Waals surface area contributed by atoms with E-state index in [0.717, 1.165) is 12.8 Å². The van der Waals surface area contributed by atoms with Crippen LogP contribution >= 0.6 is 0 Å². The van der Waals surface area contributed by atoms with Crippen LogP contribution in [0.2, 0.25) is 0 Å².